The number of hydrogen-bond acceptors (Lipinski definition) is 5. The van der Waals surface area contributed by atoms with Crippen LogP contribution in [0.15, 0.2) is 6.07 Å². The highest BCUT2D eigenvalue weighted by Gasteiger charge is 2.23. The Morgan fingerprint density at radius 1 is 1.42 bits per heavy atom. The second-order valence-electron chi connectivity index (χ2n) is 5.34. The third-order valence-corrected chi connectivity index (χ3v) is 4.78. The van der Waals surface area contributed by atoms with Gasteiger partial charge in [-0.25, -0.2) is 13.2 Å². The molecule has 1 aromatic rings. The van der Waals surface area contributed by atoms with Gasteiger partial charge in [0.2, 0.25) is 0 Å². The summed E-state index contributed by atoms with van der Waals surface area (Å²) in [5.41, 5.74) is -0.173. The van der Waals surface area contributed by atoms with Gasteiger partial charge in [0.15, 0.2) is 14.7 Å². The highest BCUT2D eigenvalue weighted by Crippen LogP contribution is 2.36. The van der Waals surface area contributed by atoms with Gasteiger partial charge in [0, 0.05) is 11.1 Å². The first kappa shape index (κ1) is 16.0. The number of carboxylic acids is 1. The summed E-state index contributed by atoms with van der Waals surface area (Å²) in [5.74, 6) is -0.951. The Morgan fingerprint density at radius 3 is 2.42 bits per heavy atom. The number of carbonyl (C=O) groups is 1. The molecule has 0 aliphatic heterocycles. The van der Waals surface area contributed by atoms with Crippen LogP contribution in [0, 0.1) is 0 Å². The zero-order valence-electron chi connectivity index (χ0n) is 11.4. The molecule has 0 fully saturated rings. The summed E-state index contributed by atoms with van der Waals surface area (Å²) in [4.78, 5) is 12.1. The predicted octanol–water partition coefficient (Wildman–Crippen LogP) is 2.17. The lowest BCUT2D eigenvalue weighted by Crippen LogP contribution is -2.12. The van der Waals surface area contributed by atoms with Gasteiger partial charge in [-0.3, -0.25) is 0 Å². The standard InChI is InChI=1S/C12H18O5S2/c1-12(2,3)9-7-8(10(18-9)11(13)14)17-5-6-19(4,15)16/h7H,5-6H2,1-4H3,(H,13,14). The van der Waals surface area contributed by atoms with E-state index in [2.05, 4.69) is 0 Å². The number of rotatable bonds is 5. The Labute approximate surface area is 117 Å². The lowest BCUT2D eigenvalue weighted by molar-refractivity contribution is 0.0698. The molecule has 1 heterocycles. The number of sulfone groups is 1. The molecule has 7 heteroatoms. The van der Waals surface area contributed by atoms with Crippen molar-refractivity contribution in [1.29, 1.82) is 0 Å². The number of ether oxygens (including phenoxy) is 1. The summed E-state index contributed by atoms with van der Waals surface area (Å²) in [6, 6.07) is 1.68. The fourth-order valence-electron chi connectivity index (χ4n) is 1.30. The SMILES string of the molecule is CC(C)(C)c1cc(OCCS(C)(=O)=O)c(C(=O)O)s1. The fraction of sp³-hybridized carbons (Fsp3) is 0.583. The molecule has 1 aromatic heterocycles. The molecule has 0 spiro atoms. The summed E-state index contributed by atoms with van der Waals surface area (Å²) in [5, 5.41) is 9.12. The molecule has 1 N–H and O–H groups in total. The van der Waals surface area contributed by atoms with E-state index in [-0.39, 0.29) is 28.4 Å². The highest BCUT2D eigenvalue weighted by atomic mass is 32.2. The van der Waals surface area contributed by atoms with Crippen molar-refractivity contribution in [2.24, 2.45) is 0 Å². The third kappa shape index (κ3) is 4.83. The average Bonchev–Trinajstić information content (AvgIpc) is 2.59. The van der Waals surface area contributed by atoms with Crippen LogP contribution in [0.1, 0.15) is 35.3 Å². The van der Waals surface area contributed by atoms with Gasteiger partial charge < -0.3 is 9.84 Å². The van der Waals surface area contributed by atoms with Crippen LogP contribution in [-0.4, -0.2) is 38.1 Å². The Bertz CT molecular complexity index is 563. The molecule has 0 saturated carbocycles. The van der Waals surface area contributed by atoms with Crippen LogP contribution in [0.2, 0.25) is 0 Å². The third-order valence-electron chi connectivity index (χ3n) is 2.34. The second kappa shape index (κ2) is 5.50. The smallest absolute Gasteiger partial charge is 0.349 e. The molecular weight excluding hydrogens is 288 g/mol. The van der Waals surface area contributed by atoms with Gasteiger partial charge in [-0.15, -0.1) is 11.3 Å². The maximum atomic E-state index is 11.1. The lowest BCUT2D eigenvalue weighted by atomic mass is 9.95. The predicted molar refractivity (Wildman–Crippen MR) is 75.2 cm³/mol. The summed E-state index contributed by atoms with van der Waals surface area (Å²) in [7, 11) is -3.12. The minimum Gasteiger partial charge on any atom is -0.491 e. The van der Waals surface area contributed by atoms with Crippen molar-refractivity contribution in [3.05, 3.63) is 15.8 Å². The van der Waals surface area contributed by atoms with Crippen LogP contribution in [-0.2, 0) is 15.3 Å². The minimum atomic E-state index is -3.12. The van der Waals surface area contributed by atoms with Crippen LogP contribution >= 0.6 is 11.3 Å². The van der Waals surface area contributed by atoms with E-state index in [1.54, 1.807) is 6.07 Å². The molecule has 0 saturated heterocycles. The second-order valence-corrected chi connectivity index (χ2v) is 8.65. The first-order chi connectivity index (χ1) is 8.50. The Balaban J connectivity index is 2.93. The summed E-state index contributed by atoms with van der Waals surface area (Å²) in [6.45, 7) is 5.89. The van der Waals surface area contributed by atoms with Crippen molar-refractivity contribution in [3.63, 3.8) is 0 Å². The largest absolute Gasteiger partial charge is 0.491 e. The van der Waals surface area contributed by atoms with Gasteiger partial charge in [0.1, 0.15) is 12.4 Å². The van der Waals surface area contributed by atoms with Crippen molar-refractivity contribution < 1.29 is 23.1 Å². The molecule has 108 valence electrons. The van der Waals surface area contributed by atoms with E-state index in [1.807, 2.05) is 20.8 Å². The Hall–Kier alpha value is -1.08. The molecule has 19 heavy (non-hydrogen) atoms. The Morgan fingerprint density at radius 2 is 2.00 bits per heavy atom. The molecule has 0 aliphatic rings. The summed E-state index contributed by atoms with van der Waals surface area (Å²) in [6.07, 6.45) is 1.11. The van der Waals surface area contributed by atoms with Crippen LogP contribution in [0.3, 0.4) is 0 Å². The molecule has 1 rings (SSSR count). The fourth-order valence-corrected chi connectivity index (χ4v) is 2.69. The van der Waals surface area contributed by atoms with E-state index in [1.165, 1.54) is 0 Å². The number of hydrogen-bond donors (Lipinski definition) is 1. The van der Waals surface area contributed by atoms with Crippen LogP contribution in [0.5, 0.6) is 5.75 Å². The van der Waals surface area contributed by atoms with Gasteiger partial charge in [-0.05, 0) is 11.5 Å². The topological polar surface area (TPSA) is 80.7 Å². The van der Waals surface area contributed by atoms with Crippen molar-refractivity contribution >= 4 is 27.1 Å². The maximum absolute atomic E-state index is 11.1. The first-order valence-electron chi connectivity index (χ1n) is 5.69. The van der Waals surface area contributed by atoms with Gasteiger partial charge in [0.05, 0.1) is 5.75 Å². The molecule has 0 bridgehead atoms. The highest BCUT2D eigenvalue weighted by molar-refractivity contribution is 7.90. The molecular formula is C12H18O5S2. The van der Waals surface area contributed by atoms with Gasteiger partial charge in [-0.1, -0.05) is 20.8 Å². The van der Waals surface area contributed by atoms with Crippen molar-refractivity contribution in [2.75, 3.05) is 18.6 Å². The van der Waals surface area contributed by atoms with Crippen LogP contribution < -0.4 is 4.74 Å². The van der Waals surface area contributed by atoms with E-state index in [4.69, 9.17) is 9.84 Å². The molecule has 0 atom stereocenters. The first-order valence-corrected chi connectivity index (χ1v) is 8.56. The van der Waals surface area contributed by atoms with Crippen molar-refractivity contribution in [2.45, 2.75) is 26.2 Å². The molecule has 0 aromatic carbocycles. The van der Waals surface area contributed by atoms with Crippen LogP contribution in [0.4, 0.5) is 0 Å². The van der Waals surface area contributed by atoms with Gasteiger partial charge in [0.25, 0.3) is 0 Å². The van der Waals surface area contributed by atoms with Crippen molar-refractivity contribution in [3.8, 4) is 5.75 Å². The van der Waals surface area contributed by atoms with E-state index in [0.29, 0.717) is 0 Å². The summed E-state index contributed by atoms with van der Waals surface area (Å²) < 4.78 is 27.3. The van der Waals surface area contributed by atoms with E-state index >= 15 is 0 Å². The quantitative estimate of drug-likeness (QED) is 0.901. The maximum Gasteiger partial charge on any atom is 0.349 e. The van der Waals surface area contributed by atoms with E-state index in [0.717, 1.165) is 22.5 Å². The molecule has 0 aliphatic carbocycles. The summed E-state index contributed by atoms with van der Waals surface area (Å²) >= 11 is 1.16. The van der Waals surface area contributed by atoms with E-state index < -0.39 is 15.8 Å². The van der Waals surface area contributed by atoms with Crippen molar-refractivity contribution in [1.82, 2.24) is 0 Å². The molecule has 0 unspecified atom stereocenters. The average molecular weight is 306 g/mol. The zero-order chi connectivity index (χ0) is 14.8. The minimum absolute atomic E-state index is 0.0422. The van der Waals surface area contributed by atoms with Gasteiger partial charge in [-0.2, -0.15) is 0 Å². The monoisotopic (exact) mass is 306 g/mol. The van der Waals surface area contributed by atoms with Crippen LogP contribution in [0.25, 0.3) is 0 Å². The number of carboxylic acid groups (broad SMARTS) is 1. The number of aromatic carboxylic acids is 1. The van der Waals surface area contributed by atoms with E-state index in [9.17, 15) is 13.2 Å². The Kier molecular flexibility index (Phi) is 4.63. The molecule has 0 amide bonds. The lowest BCUT2D eigenvalue weighted by Gasteiger charge is -2.14. The van der Waals surface area contributed by atoms with Gasteiger partial charge >= 0.3 is 5.97 Å². The zero-order valence-corrected chi connectivity index (χ0v) is 13.0. The molecule has 5 nitrogen and oxygen atoms in total. The molecule has 0 radical (unpaired) electrons. The number of thiophene rings is 1. The normalized spacial score (nSPS) is 12.4.